The zero-order chi connectivity index (χ0) is 15.6. The fourth-order valence-corrected chi connectivity index (χ4v) is 2.72. The number of nitrogens with zero attached hydrogens (tertiary/aromatic N) is 2. The third kappa shape index (κ3) is 2.32. The van der Waals surface area contributed by atoms with Gasteiger partial charge in [0.1, 0.15) is 11.2 Å². The molecule has 0 amide bonds. The molecule has 4 aromatic rings. The predicted octanol–water partition coefficient (Wildman–Crippen LogP) is 4.67. The molecule has 0 spiro atoms. The van der Waals surface area contributed by atoms with Crippen molar-refractivity contribution in [3.05, 3.63) is 79.0 Å². The fraction of sp³-hybridized carbons (Fsp3) is 0. The van der Waals surface area contributed by atoms with Gasteiger partial charge in [-0.05, 0) is 12.1 Å². The molecule has 110 valence electrons. The molecule has 4 rings (SSSR count). The van der Waals surface area contributed by atoms with Gasteiger partial charge in [0.25, 0.3) is 0 Å². The van der Waals surface area contributed by atoms with Gasteiger partial charge < -0.3 is 5.11 Å². The monoisotopic (exact) mass is 298 g/mol. The minimum Gasteiger partial charge on any atom is -0.505 e. The second-order valence-electron chi connectivity index (χ2n) is 5.29. The highest BCUT2D eigenvalue weighted by atomic mass is 16.3. The number of rotatable bonds is 2. The molecule has 0 aliphatic heterocycles. The number of hydrogen-bond donors (Lipinski definition) is 1. The summed E-state index contributed by atoms with van der Waals surface area (Å²) in [6.07, 6.45) is 1.72. The highest BCUT2D eigenvalue weighted by molar-refractivity contribution is 5.99. The van der Waals surface area contributed by atoms with Gasteiger partial charge in [-0.25, -0.2) is 4.98 Å². The summed E-state index contributed by atoms with van der Waals surface area (Å²) in [4.78, 5) is 9.16. The van der Waals surface area contributed by atoms with Crippen LogP contribution in [0.5, 0.6) is 5.75 Å². The molecule has 0 bridgehead atoms. The summed E-state index contributed by atoms with van der Waals surface area (Å²) in [5.41, 5.74) is 3.92. The van der Waals surface area contributed by atoms with Gasteiger partial charge in [0.15, 0.2) is 5.75 Å². The summed E-state index contributed by atoms with van der Waals surface area (Å²) < 4.78 is 0. The van der Waals surface area contributed by atoms with Crippen molar-refractivity contribution in [1.82, 2.24) is 9.97 Å². The molecule has 2 heterocycles. The van der Waals surface area contributed by atoms with Crippen LogP contribution in [0.3, 0.4) is 0 Å². The van der Waals surface area contributed by atoms with Crippen LogP contribution in [0.15, 0.2) is 79.0 Å². The lowest BCUT2D eigenvalue weighted by Crippen LogP contribution is -1.94. The molecule has 0 atom stereocenters. The Morgan fingerprint density at radius 3 is 1.91 bits per heavy atom. The maximum Gasteiger partial charge on any atom is 0.151 e. The van der Waals surface area contributed by atoms with Crippen LogP contribution in [0.1, 0.15) is 0 Å². The molecule has 3 heteroatoms. The Balaban J connectivity index is 2.08. The van der Waals surface area contributed by atoms with Gasteiger partial charge in [0, 0.05) is 22.7 Å². The number of fused-ring (bicyclic) bond motifs is 1. The quantitative estimate of drug-likeness (QED) is 0.585. The fourth-order valence-electron chi connectivity index (χ4n) is 2.72. The molecule has 0 saturated carbocycles. The van der Waals surface area contributed by atoms with Crippen LogP contribution in [0.25, 0.3) is 33.4 Å². The smallest absolute Gasteiger partial charge is 0.151 e. The van der Waals surface area contributed by atoms with Crippen LogP contribution in [0.4, 0.5) is 0 Å². The number of benzene rings is 2. The molecule has 0 saturated heterocycles. The summed E-state index contributed by atoms with van der Waals surface area (Å²) in [5.74, 6) is 0.166. The first-order valence-corrected chi connectivity index (χ1v) is 7.43. The lowest BCUT2D eigenvalue weighted by atomic mass is 10.0. The molecule has 23 heavy (non-hydrogen) atoms. The molecule has 2 aromatic carbocycles. The number of hydrogen-bond acceptors (Lipinski definition) is 3. The average Bonchev–Trinajstić information content (AvgIpc) is 2.64. The number of aromatic hydroxyl groups is 1. The molecule has 0 fully saturated rings. The molecule has 0 aliphatic carbocycles. The Morgan fingerprint density at radius 1 is 0.652 bits per heavy atom. The van der Waals surface area contributed by atoms with Crippen molar-refractivity contribution in [3.63, 3.8) is 0 Å². The first-order valence-electron chi connectivity index (χ1n) is 7.43. The van der Waals surface area contributed by atoms with E-state index in [2.05, 4.69) is 4.98 Å². The van der Waals surface area contributed by atoms with Crippen LogP contribution >= 0.6 is 0 Å². The summed E-state index contributed by atoms with van der Waals surface area (Å²) in [6, 6.07) is 23.3. The maximum absolute atomic E-state index is 10.7. The first kappa shape index (κ1) is 13.5. The molecule has 1 N–H and O–H groups in total. The van der Waals surface area contributed by atoms with Gasteiger partial charge in [-0.2, -0.15) is 0 Å². The van der Waals surface area contributed by atoms with Crippen molar-refractivity contribution in [2.45, 2.75) is 0 Å². The summed E-state index contributed by atoms with van der Waals surface area (Å²) >= 11 is 0. The summed E-state index contributed by atoms with van der Waals surface area (Å²) in [5, 5.41) is 11.4. The lowest BCUT2D eigenvalue weighted by molar-refractivity contribution is 0.481. The Bertz CT molecular complexity index is 967. The van der Waals surface area contributed by atoms with Gasteiger partial charge in [0.05, 0.1) is 5.69 Å². The van der Waals surface area contributed by atoms with E-state index in [0.29, 0.717) is 16.6 Å². The van der Waals surface area contributed by atoms with Crippen LogP contribution in [0, 0.1) is 0 Å². The Labute approximate surface area is 133 Å². The van der Waals surface area contributed by atoms with E-state index < -0.39 is 0 Å². The number of pyridine rings is 2. The predicted molar refractivity (Wildman–Crippen MR) is 92.1 cm³/mol. The van der Waals surface area contributed by atoms with Crippen molar-refractivity contribution in [2.24, 2.45) is 0 Å². The molecule has 0 aliphatic rings. The van der Waals surface area contributed by atoms with Gasteiger partial charge in [-0.3, -0.25) is 4.98 Å². The van der Waals surface area contributed by atoms with Crippen LogP contribution < -0.4 is 0 Å². The second kappa shape index (κ2) is 5.54. The SMILES string of the molecule is Oc1c(-c2ccccc2)nc(-c2ccccc2)c2ncccc12. The first-order chi connectivity index (χ1) is 11.3. The van der Waals surface area contributed by atoms with E-state index in [1.54, 1.807) is 6.20 Å². The van der Waals surface area contributed by atoms with Crippen LogP contribution in [-0.4, -0.2) is 15.1 Å². The van der Waals surface area contributed by atoms with E-state index in [4.69, 9.17) is 4.98 Å². The largest absolute Gasteiger partial charge is 0.505 e. The van der Waals surface area contributed by atoms with E-state index >= 15 is 0 Å². The lowest BCUT2D eigenvalue weighted by Gasteiger charge is -2.11. The normalized spacial score (nSPS) is 10.8. The minimum absolute atomic E-state index is 0.166. The Morgan fingerprint density at radius 2 is 1.26 bits per heavy atom. The van der Waals surface area contributed by atoms with Crippen LogP contribution in [0.2, 0.25) is 0 Å². The third-order valence-electron chi connectivity index (χ3n) is 3.83. The molecule has 0 radical (unpaired) electrons. The van der Waals surface area contributed by atoms with E-state index in [9.17, 15) is 5.11 Å². The molecular weight excluding hydrogens is 284 g/mol. The van der Waals surface area contributed by atoms with E-state index in [1.807, 2.05) is 72.8 Å². The summed E-state index contributed by atoms with van der Waals surface area (Å²) in [7, 11) is 0. The summed E-state index contributed by atoms with van der Waals surface area (Å²) in [6.45, 7) is 0. The Kier molecular flexibility index (Phi) is 3.24. The standard InChI is InChI=1S/C20H14N2O/c23-20-16-12-7-13-21-19(16)17(14-8-3-1-4-9-14)22-18(20)15-10-5-2-6-11-15/h1-13,23H. The zero-order valence-corrected chi connectivity index (χ0v) is 12.3. The highest BCUT2D eigenvalue weighted by Crippen LogP contribution is 2.37. The topological polar surface area (TPSA) is 46.0 Å². The Hall–Kier alpha value is -3.20. The van der Waals surface area contributed by atoms with Gasteiger partial charge >= 0.3 is 0 Å². The molecular formula is C20H14N2O. The number of aromatic nitrogens is 2. The van der Waals surface area contributed by atoms with E-state index in [-0.39, 0.29) is 5.75 Å². The van der Waals surface area contributed by atoms with E-state index in [1.165, 1.54) is 0 Å². The maximum atomic E-state index is 10.7. The van der Waals surface area contributed by atoms with Gasteiger partial charge in [0.2, 0.25) is 0 Å². The van der Waals surface area contributed by atoms with Crippen LogP contribution in [-0.2, 0) is 0 Å². The van der Waals surface area contributed by atoms with Crippen molar-refractivity contribution in [3.8, 4) is 28.3 Å². The van der Waals surface area contributed by atoms with Crippen molar-refractivity contribution >= 4 is 10.9 Å². The minimum atomic E-state index is 0.166. The van der Waals surface area contributed by atoms with Gasteiger partial charge in [-0.1, -0.05) is 60.7 Å². The second-order valence-corrected chi connectivity index (χ2v) is 5.29. The zero-order valence-electron chi connectivity index (χ0n) is 12.3. The molecule has 3 nitrogen and oxygen atoms in total. The van der Waals surface area contributed by atoms with Crippen molar-refractivity contribution in [1.29, 1.82) is 0 Å². The highest BCUT2D eigenvalue weighted by Gasteiger charge is 2.16. The van der Waals surface area contributed by atoms with Crippen molar-refractivity contribution in [2.75, 3.05) is 0 Å². The molecule has 0 unspecified atom stereocenters. The van der Waals surface area contributed by atoms with Gasteiger partial charge in [-0.15, -0.1) is 0 Å². The van der Waals surface area contributed by atoms with E-state index in [0.717, 1.165) is 16.8 Å². The average molecular weight is 298 g/mol. The third-order valence-corrected chi connectivity index (χ3v) is 3.83. The molecule has 2 aromatic heterocycles. The van der Waals surface area contributed by atoms with Crippen molar-refractivity contribution < 1.29 is 5.11 Å².